The normalized spacial score (nSPS) is 12.4. The molecule has 0 saturated heterocycles. The number of ether oxygens (including phenoxy) is 1. The number of carbonyl (C=O) groups is 1. The van der Waals surface area contributed by atoms with Gasteiger partial charge in [0.2, 0.25) is 0 Å². The summed E-state index contributed by atoms with van der Waals surface area (Å²) in [6.45, 7) is 3.19. The highest BCUT2D eigenvalue weighted by atomic mass is 19.1. The highest BCUT2D eigenvalue weighted by Crippen LogP contribution is 2.14. The van der Waals surface area contributed by atoms with E-state index in [1.807, 2.05) is 6.92 Å². The van der Waals surface area contributed by atoms with Crippen LogP contribution in [0.5, 0.6) is 0 Å². The predicted molar refractivity (Wildman–Crippen MR) is 67.9 cm³/mol. The second kappa shape index (κ2) is 6.69. The van der Waals surface area contributed by atoms with Gasteiger partial charge in [-0.3, -0.25) is 4.98 Å². The third-order valence-electron chi connectivity index (χ3n) is 2.42. The zero-order valence-electron chi connectivity index (χ0n) is 10.7. The van der Waals surface area contributed by atoms with Crippen molar-refractivity contribution in [1.82, 2.24) is 4.98 Å². The standard InChI is InChI=1S/C14H16FNO2/c1-4-11(8-10(2)15)9-13-12(14(17)18-3)6-5-7-16-13/h4-8H,9H2,1-3H3/b10-8+,11-4+. The van der Waals surface area contributed by atoms with Crippen LogP contribution in [0.25, 0.3) is 0 Å². The molecule has 1 aromatic rings. The molecule has 1 heterocycles. The summed E-state index contributed by atoms with van der Waals surface area (Å²) in [6, 6.07) is 3.31. The van der Waals surface area contributed by atoms with Crippen LogP contribution in [0.1, 0.15) is 29.9 Å². The fourth-order valence-electron chi connectivity index (χ4n) is 1.56. The summed E-state index contributed by atoms with van der Waals surface area (Å²) in [6.07, 6.45) is 5.21. The lowest BCUT2D eigenvalue weighted by Crippen LogP contribution is -2.08. The van der Waals surface area contributed by atoms with Crippen molar-refractivity contribution in [3.05, 3.63) is 53.1 Å². The van der Waals surface area contributed by atoms with E-state index in [1.165, 1.54) is 20.1 Å². The molecule has 1 aromatic heterocycles. The van der Waals surface area contributed by atoms with Crippen LogP contribution in [0.2, 0.25) is 0 Å². The lowest BCUT2D eigenvalue weighted by molar-refractivity contribution is 0.0599. The molecule has 0 bridgehead atoms. The first-order valence-electron chi connectivity index (χ1n) is 5.59. The Bertz CT molecular complexity index is 488. The molecule has 3 nitrogen and oxygen atoms in total. The molecular weight excluding hydrogens is 233 g/mol. The van der Waals surface area contributed by atoms with Crippen LogP contribution in [-0.4, -0.2) is 18.1 Å². The zero-order valence-corrected chi connectivity index (χ0v) is 10.7. The second-order valence-electron chi connectivity index (χ2n) is 3.76. The molecule has 0 saturated carbocycles. The summed E-state index contributed by atoms with van der Waals surface area (Å²) >= 11 is 0. The van der Waals surface area contributed by atoms with E-state index in [9.17, 15) is 9.18 Å². The molecule has 0 N–H and O–H groups in total. The average molecular weight is 249 g/mol. The molecule has 4 heteroatoms. The Kier molecular flexibility index (Phi) is 5.24. The van der Waals surface area contributed by atoms with Crippen molar-refractivity contribution < 1.29 is 13.9 Å². The van der Waals surface area contributed by atoms with Crippen molar-refractivity contribution in [2.24, 2.45) is 0 Å². The molecule has 96 valence electrons. The van der Waals surface area contributed by atoms with Crippen LogP contribution in [0, 0.1) is 0 Å². The number of halogens is 1. The first kappa shape index (κ1) is 14.1. The summed E-state index contributed by atoms with van der Waals surface area (Å²) in [4.78, 5) is 15.7. The Morgan fingerprint density at radius 3 is 2.83 bits per heavy atom. The van der Waals surface area contributed by atoms with Crippen LogP contribution in [0.15, 0.2) is 41.9 Å². The smallest absolute Gasteiger partial charge is 0.339 e. The maximum Gasteiger partial charge on any atom is 0.339 e. The molecular formula is C14H16FNO2. The minimum Gasteiger partial charge on any atom is -0.465 e. The number of hydrogen-bond acceptors (Lipinski definition) is 3. The number of hydrogen-bond donors (Lipinski definition) is 0. The number of allylic oxidation sites excluding steroid dienone is 4. The van der Waals surface area contributed by atoms with Gasteiger partial charge in [0.1, 0.15) is 0 Å². The first-order chi connectivity index (χ1) is 8.58. The average Bonchev–Trinajstić information content (AvgIpc) is 2.37. The molecule has 0 atom stereocenters. The third-order valence-corrected chi connectivity index (χ3v) is 2.42. The highest BCUT2D eigenvalue weighted by Gasteiger charge is 2.12. The fourth-order valence-corrected chi connectivity index (χ4v) is 1.56. The minimum absolute atomic E-state index is 0.279. The van der Waals surface area contributed by atoms with E-state index in [-0.39, 0.29) is 5.83 Å². The number of pyridine rings is 1. The summed E-state index contributed by atoms with van der Waals surface area (Å²) in [5, 5.41) is 0. The van der Waals surface area contributed by atoms with Crippen molar-refractivity contribution in [1.29, 1.82) is 0 Å². The quantitative estimate of drug-likeness (QED) is 0.607. The number of nitrogens with zero attached hydrogens (tertiary/aromatic N) is 1. The minimum atomic E-state index is -0.436. The van der Waals surface area contributed by atoms with Crippen LogP contribution in [0.3, 0.4) is 0 Å². The lowest BCUT2D eigenvalue weighted by atomic mass is 10.0. The number of aromatic nitrogens is 1. The number of methoxy groups -OCH3 is 1. The molecule has 0 spiro atoms. The molecule has 0 aliphatic heterocycles. The van der Waals surface area contributed by atoms with Crippen molar-refractivity contribution in [2.45, 2.75) is 20.3 Å². The Labute approximate surface area is 106 Å². The van der Waals surface area contributed by atoms with Gasteiger partial charge in [-0.25, -0.2) is 9.18 Å². The van der Waals surface area contributed by atoms with Crippen LogP contribution in [0.4, 0.5) is 4.39 Å². The topological polar surface area (TPSA) is 39.2 Å². The second-order valence-corrected chi connectivity index (χ2v) is 3.76. The zero-order chi connectivity index (χ0) is 13.5. The molecule has 0 aliphatic carbocycles. The largest absolute Gasteiger partial charge is 0.465 e. The van der Waals surface area contributed by atoms with Gasteiger partial charge in [-0.1, -0.05) is 6.08 Å². The van der Waals surface area contributed by atoms with Crippen LogP contribution in [-0.2, 0) is 11.2 Å². The van der Waals surface area contributed by atoms with Crippen LogP contribution >= 0.6 is 0 Å². The summed E-state index contributed by atoms with van der Waals surface area (Å²) in [5.41, 5.74) is 1.75. The molecule has 0 aliphatic rings. The SMILES string of the molecule is C/C=C(\C=C(/C)F)Cc1ncccc1C(=O)OC. The fraction of sp³-hybridized carbons (Fsp3) is 0.286. The monoisotopic (exact) mass is 249 g/mol. The number of rotatable bonds is 4. The Hall–Kier alpha value is -1.97. The van der Waals surface area contributed by atoms with Crippen molar-refractivity contribution in [2.75, 3.05) is 7.11 Å². The van der Waals surface area contributed by atoms with Crippen LogP contribution < -0.4 is 0 Å². The Morgan fingerprint density at radius 2 is 2.28 bits per heavy atom. The highest BCUT2D eigenvalue weighted by molar-refractivity contribution is 5.90. The van der Waals surface area contributed by atoms with E-state index < -0.39 is 5.97 Å². The van der Waals surface area contributed by atoms with E-state index >= 15 is 0 Å². The molecule has 0 unspecified atom stereocenters. The maximum atomic E-state index is 12.9. The molecule has 0 aromatic carbocycles. The van der Waals surface area contributed by atoms with E-state index in [0.717, 1.165) is 5.57 Å². The van der Waals surface area contributed by atoms with Gasteiger partial charge in [0.15, 0.2) is 0 Å². The van der Waals surface area contributed by atoms with Gasteiger partial charge < -0.3 is 4.74 Å². The van der Waals surface area contributed by atoms with Gasteiger partial charge >= 0.3 is 5.97 Å². The third kappa shape index (κ3) is 3.80. The maximum absolute atomic E-state index is 12.9. The number of carbonyl (C=O) groups excluding carboxylic acids is 1. The van der Waals surface area contributed by atoms with Gasteiger partial charge in [-0.2, -0.15) is 0 Å². The van der Waals surface area contributed by atoms with Crippen molar-refractivity contribution in [3.8, 4) is 0 Å². The molecule has 1 rings (SSSR count). The molecule has 18 heavy (non-hydrogen) atoms. The first-order valence-corrected chi connectivity index (χ1v) is 5.59. The van der Waals surface area contributed by atoms with Gasteiger partial charge in [-0.05, 0) is 37.6 Å². The van der Waals surface area contributed by atoms with E-state index in [2.05, 4.69) is 9.72 Å². The predicted octanol–water partition coefficient (Wildman–Crippen LogP) is 3.23. The van der Waals surface area contributed by atoms with Gasteiger partial charge in [0.05, 0.1) is 24.2 Å². The van der Waals surface area contributed by atoms with Gasteiger partial charge in [0, 0.05) is 12.6 Å². The van der Waals surface area contributed by atoms with E-state index in [1.54, 1.807) is 24.4 Å². The summed E-state index contributed by atoms with van der Waals surface area (Å²) in [7, 11) is 1.32. The van der Waals surface area contributed by atoms with E-state index in [4.69, 9.17) is 0 Å². The van der Waals surface area contributed by atoms with Gasteiger partial charge in [-0.15, -0.1) is 0 Å². The van der Waals surface area contributed by atoms with Gasteiger partial charge in [0.25, 0.3) is 0 Å². The Balaban J connectivity index is 3.04. The van der Waals surface area contributed by atoms with Crippen molar-refractivity contribution >= 4 is 5.97 Å². The van der Waals surface area contributed by atoms with Crippen molar-refractivity contribution in [3.63, 3.8) is 0 Å². The molecule has 0 fully saturated rings. The lowest BCUT2D eigenvalue weighted by Gasteiger charge is -2.07. The Morgan fingerprint density at radius 1 is 1.56 bits per heavy atom. The molecule has 0 radical (unpaired) electrons. The molecule has 0 amide bonds. The summed E-state index contributed by atoms with van der Waals surface area (Å²) < 4.78 is 17.6. The number of esters is 1. The van der Waals surface area contributed by atoms with E-state index in [0.29, 0.717) is 17.7 Å². The summed E-state index contributed by atoms with van der Waals surface area (Å²) in [5.74, 6) is -0.715.